The molecule has 0 radical (unpaired) electrons. The summed E-state index contributed by atoms with van der Waals surface area (Å²) in [5, 5.41) is 10.6. The lowest BCUT2D eigenvalue weighted by Gasteiger charge is -2.21. The van der Waals surface area contributed by atoms with E-state index >= 15 is 0 Å². The molecule has 0 fully saturated rings. The molecule has 0 aliphatic heterocycles. The molecule has 0 heterocycles. The highest BCUT2D eigenvalue weighted by atomic mass is 31.2. The van der Waals surface area contributed by atoms with Crippen LogP contribution in [0.25, 0.3) is 0 Å². The Kier molecular flexibility index (Phi) is 61.5. The summed E-state index contributed by atoms with van der Waals surface area (Å²) >= 11 is 0. The third-order valence-electron chi connectivity index (χ3n) is 16.6. The number of hydrogen-bond donors (Lipinski definition) is 3. The first-order valence-corrected chi connectivity index (χ1v) is 40.3. The number of carbonyl (C=O) groups is 4. The number of unbranched alkanes of at least 4 members (excludes halogenated alkanes) is 38. The minimum absolute atomic E-state index is 0.106. The van der Waals surface area contributed by atoms with E-state index in [1.165, 1.54) is 167 Å². The second-order valence-electron chi connectivity index (χ2n) is 27.4. The molecule has 0 spiro atoms. The fraction of sp³-hybridized carbons (Fsp3) is 0.944. The molecule has 19 heteroatoms. The molecule has 2 unspecified atom stereocenters. The van der Waals surface area contributed by atoms with Gasteiger partial charge in [0.1, 0.15) is 19.3 Å². The second-order valence-corrected chi connectivity index (χ2v) is 30.3. The number of ether oxygens (including phenoxy) is 4. The molecule has 0 aliphatic rings. The summed E-state index contributed by atoms with van der Waals surface area (Å²) in [6.45, 7) is 11.8. The first-order chi connectivity index (χ1) is 43.7. The Balaban J connectivity index is 5.24. The molecule has 0 aliphatic carbocycles. The summed E-state index contributed by atoms with van der Waals surface area (Å²) in [5.41, 5.74) is 0. The van der Waals surface area contributed by atoms with Crippen molar-refractivity contribution < 1.29 is 80.2 Å². The van der Waals surface area contributed by atoms with Crippen LogP contribution in [0.3, 0.4) is 0 Å². The van der Waals surface area contributed by atoms with Crippen molar-refractivity contribution in [3.8, 4) is 0 Å². The van der Waals surface area contributed by atoms with Gasteiger partial charge >= 0.3 is 39.5 Å². The van der Waals surface area contributed by atoms with E-state index in [4.69, 9.17) is 37.0 Å². The predicted molar refractivity (Wildman–Crippen MR) is 368 cm³/mol. The third-order valence-corrected chi connectivity index (χ3v) is 18.5. The monoisotopic (exact) mass is 1340 g/mol. The summed E-state index contributed by atoms with van der Waals surface area (Å²) in [4.78, 5) is 72.6. The Bertz CT molecular complexity index is 1780. The van der Waals surface area contributed by atoms with Crippen LogP contribution in [0.15, 0.2) is 0 Å². The molecule has 0 aromatic heterocycles. The lowest BCUT2D eigenvalue weighted by atomic mass is 10.0. The van der Waals surface area contributed by atoms with E-state index < -0.39 is 97.5 Å². The molecule has 91 heavy (non-hydrogen) atoms. The fourth-order valence-corrected chi connectivity index (χ4v) is 12.5. The normalized spacial score (nSPS) is 14.2. The van der Waals surface area contributed by atoms with Crippen LogP contribution in [0.4, 0.5) is 0 Å². The number of phosphoric ester groups is 2. The van der Waals surface area contributed by atoms with Crippen molar-refractivity contribution in [2.45, 2.75) is 381 Å². The molecular weight excluding hydrogens is 1200 g/mol. The maximum atomic E-state index is 13.0. The minimum atomic E-state index is -4.95. The predicted octanol–water partition coefficient (Wildman–Crippen LogP) is 20.6. The van der Waals surface area contributed by atoms with Crippen molar-refractivity contribution in [2.75, 3.05) is 39.6 Å². The zero-order valence-corrected chi connectivity index (χ0v) is 61.1. The number of hydrogen-bond acceptors (Lipinski definition) is 15. The second kappa shape index (κ2) is 62.8. The molecule has 0 rings (SSSR count). The number of aliphatic hydroxyl groups excluding tert-OH is 1. The molecule has 0 bridgehead atoms. The van der Waals surface area contributed by atoms with Gasteiger partial charge in [0.2, 0.25) is 0 Å². The van der Waals surface area contributed by atoms with Crippen molar-refractivity contribution in [1.82, 2.24) is 0 Å². The Morgan fingerprint density at radius 2 is 0.505 bits per heavy atom. The van der Waals surface area contributed by atoms with Gasteiger partial charge in [-0.1, -0.05) is 312 Å². The van der Waals surface area contributed by atoms with Crippen LogP contribution < -0.4 is 0 Å². The lowest BCUT2D eigenvalue weighted by Crippen LogP contribution is -2.30. The van der Waals surface area contributed by atoms with Gasteiger partial charge in [0.25, 0.3) is 0 Å². The smallest absolute Gasteiger partial charge is 0.462 e. The number of phosphoric acid groups is 2. The summed E-state index contributed by atoms with van der Waals surface area (Å²) in [5.74, 6) is 0.114. The first kappa shape index (κ1) is 89.1. The Morgan fingerprint density at radius 1 is 0.297 bits per heavy atom. The maximum absolute atomic E-state index is 13.0. The summed E-state index contributed by atoms with van der Waals surface area (Å²) < 4.78 is 68.3. The van der Waals surface area contributed by atoms with Gasteiger partial charge in [-0.05, 0) is 43.4 Å². The Hall–Kier alpha value is -1.94. The number of carbonyl (C=O) groups excluding carboxylic acids is 4. The highest BCUT2D eigenvalue weighted by Crippen LogP contribution is 2.45. The van der Waals surface area contributed by atoms with E-state index in [1.54, 1.807) is 0 Å². The molecular formula is C72H140O17P2. The van der Waals surface area contributed by atoms with Gasteiger partial charge in [-0.15, -0.1) is 0 Å². The van der Waals surface area contributed by atoms with Gasteiger partial charge in [0, 0.05) is 25.7 Å². The van der Waals surface area contributed by atoms with Gasteiger partial charge in [-0.2, -0.15) is 0 Å². The molecule has 0 aromatic rings. The van der Waals surface area contributed by atoms with E-state index in [2.05, 4.69) is 48.5 Å². The van der Waals surface area contributed by atoms with E-state index in [1.807, 2.05) is 0 Å². The van der Waals surface area contributed by atoms with Crippen LogP contribution in [-0.2, 0) is 65.4 Å². The SMILES string of the molecule is CCCCCCCCCCCCCCC(=O)O[C@H](COC(=O)CCCCCCCCC(C)C)COP(=O)(O)OC[C@H](O)COP(=O)(O)OC[C@@H](COC(=O)CCCCCCCCCCCCCCC(C)C)OC(=O)CCCCCCCCCCCCCCC(C)C. The van der Waals surface area contributed by atoms with Gasteiger partial charge in [0.05, 0.1) is 26.4 Å². The highest BCUT2D eigenvalue weighted by Gasteiger charge is 2.30. The van der Waals surface area contributed by atoms with Crippen LogP contribution in [0, 0.1) is 17.8 Å². The fourth-order valence-electron chi connectivity index (χ4n) is 10.9. The Morgan fingerprint density at radius 3 is 0.747 bits per heavy atom. The van der Waals surface area contributed by atoms with Crippen LogP contribution in [0.5, 0.6) is 0 Å². The van der Waals surface area contributed by atoms with E-state index in [-0.39, 0.29) is 25.7 Å². The van der Waals surface area contributed by atoms with Crippen molar-refractivity contribution in [3.63, 3.8) is 0 Å². The molecule has 0 saturated carbocycles. The van der Waals surface area contributed by atoms with Crippen LogP contribution in [-0.4, -0.2) is 96.7 Å². The quantitative estimate of drug-likeness (QED) is 0.0222. The average molecular weight is 1340 g/mol. The van der Waals surface area contributed by atoms with E-state index in [0.29, 0.717) is 31.6 Å². The molecule has 17 nitrogen and oxygen atoms in total. The first-order valence-electron chi connectivity index (χ1n) is 37.3. The van der Waals surface area contributed by atoms with Crippen molar-refractivity contribution in [3.05, 3.63) is 0 Å². The maximum Gasteiger partial charge on any atom is 0.472 e. The van der Waals surface area contributed by atoms with Gasteiger partial charge in [-0.25, -0.2) is 9.13 Å². The minimum Gasteiger partial charge on any atom is -0.462 e. The summed E-state index contributed by atoms with van der Waals surface area (Å²) in [6.07, 6.45) is 47.2. The van der Waals surface area contributed by atoms with Crippen LogP contribution in [0.1, 0.15) is 363 Å². The van der Waals surface area contributed by atoms with E-state index in [0.717, 1.165) is 108 Å². The number of rotatable bonds is 70. The van der Waals surface area contributed by atoms with Crippen molar-refractivity contribution in [2.24, 2.45) is 17.8 Å². The third kappa shape index (κ3) is 66.5. The molecule has 0 saturated heterocycles. The standard InChI is InChI=1S/C72H140O17P2/c1-8-9-10-11-12-13-14-21-27-32-41-48-55-71(76)89-68(60-83-70(75)54-47-40-35-34-38-45-52-65(6)7)62-87-91(80,81)85-58-66(73)57-84-90(78,79)86-61-67(88-72(77)56-49-42-33-28-23-18-16-20-25-30-37-44-51-64(4)5)59-82-69(74)53-46-39-31-26-22-17-15-19-24-29-36-43-50-63(2)3/h63-68,73H,8-62H2,1-7H3,(H,78,79)(H,80,81)/t66-,67-,68-/m1/s1. The Labute approximate surface area is 556 Å². The molecule has 540 valence electrons. The van der Waals surface area contributed by atoms with Crippen LogP contribution in [0.2, 0.25) is 0 Å². The van der Waals surface area contributed by atoms with Gasteiger partial charge in [-0.3, -0.25) is 37.3 Å². The van der Waals surface area contributed by atoms with Crippen molar-refractivity contribution in [1.29, 1.82) is 0 Å². The van der Waals surface area contributed by atoms with Crippen molar-refractivity contribution >= 4 is 39.5 Å². The van der Waals surface area contributed by atoms with Gasteiger partial charge in [0.15, 0.2) is 12.2 Å². The number of aliphatic hydroxyl groups is 1. The summed E-state index contributed by atoms with van der Waals surface area (Å²) in [7, 11) is -9.90. The zero-order chi connectivity index (χ0) is 67.3. The topological polar surface area (TPSA) is 237 Å². The molecule has 0 amide bonds. The van der Waals surface area contributed by atoms with Gasteiger partial charge < -0.3 is 33.8 Å². The highest BCUT2D eigenvalue weighted by molar-refractivity contribution is 7.47. The lowest BCUT2D eigenvalue weighted by molar-refractivity contribution is -0.161. The number of esters is 4. The zero-order valence-electron chi connectivity index (χ0n) is 59.3. The van der Waals surface area contributed by atoms with E-state index in [9.17, 15) is 43.2 Å². The average Bonchev–Trinajstić information content (AvgIpc) is 3.11. The molecule has 3 N–H and O–H groups in total. The molecule has 0 aromatic carbocycles. The van der Waals surface area contributed by atoms with Crippen LogP contribution >= 0.6 is 15.6 Å². The largest absolute Gasteiger partial charge is 0.472 e. The molecule has 5 atom stereocenters. The summed E-state index contributed by atoms with van der Waals surface area (Å²) in [6, 6.07) is 0.